The third-order valence-electron chi connectivity index (χ3n) is 5.79. The lowest BCUT2D eigenvalue weighted by Gasteiger charge is -2.28. The van der Waals surface area contributed by atoms with Crippen LogP contribution in [0, 0.1) is 6.92 Å². The molecule has 0 radical (unpaired) electrons. The second kappa shape index (κ2) is 9.79. The van der Waals surface area contributed by atoms with Crippen LogP contribution in [0.25, 0.3) is 10.6 Å². The first-order chi connectivity index (χ1) is 16.3. The van der Waals surface area contributed by atoms with Gasteiger partial charge in [0.05, 0.1) is 29.3 Å². The minimum Gasteiger partial charge on any atom is -0.503 e. The summed E-state index contributed by atoms with van der Waals surface area (Å²) in [5.74, 6) is -0.758. The Morgan fingerprint density at radius 3 is 2.44 bits per heavy atom. The van der Waals surface area contributed by atoms with Gasteiger partial charge in [0.1, 0.15) is 10.8 Å². The molecular formula is C26H27N3O4S. The van der Waals surface area contributed by atoms with E-state index in [0.717, 1.165) is 16.1 Å². The van der Waals surface area contributed by atoms with Crippen molar-refractivity contribution < 1.29 is 19.4 Å². The number of nitrogens with zero attached hydrogens (tertiary/aromatic N) is 3. The van der Waals surface area contributed by atoms with Crippen LogP contribution in [0.2, 0.25) is 0 Å². The van der Waals surface area contributed by atoms with Gasteiger partial charge >= 0.3 is 0 Å². The van der Waals surface area contributed by atoms with Gasteiger partial charge in [0, 0.05) is 18.7 Å². The SMILES string of the molecule is COc1ccc(C2C(C(=O)c3sc(-c4ccccc4)nc3C)=C(O)C(=O)N2CCN(C)C)cc1. The van der Waals surface area contributed by atoms with Gasteiger partial charge in [-0.1, -0.05) is 42.5 Å². The molecule has 7 nitrogen and oxygen atoms in total. The van der Waals surface area contributed by atoms with E-state index >= 15 is 0 Å². The summed E-state index contributed by atoms with van der Waals surface area (Å²) in [4.78, 5) is 35.4. The second-order valence-electron chi connectivity index (χ2n) is 8.37. The second-order valence-corrected chi connectivity index (χ2v) is 9.37. The van der Waals surface area contributed by atoms with Crippen LogP contribution >= 0.6 is 11.3 Å². The van der Waals surface area contributed by atoms with Crippen LogP contribution in [0.15, 0.2) is 65.9 Å². The molecule has 1 N–H and O–H groups in total. The monoisotopic (exact) mass is 477 g/mol. The number of hydrogen-bond acceptors (Lipinski definition) is 7. The molecule has 4 rings (SSSR count). The molecule has 8 heteroatoms. The van der Waals surface area contributed by atoms with E-state index in [2.05, 4.69) is 4.98 Å². The number of methoxy groups -OCH3 is 1. The summed E-state index contributed by atoms with van der Waals surface area (Å²) >= 11 is 1.27. The Morgan fingerprint density at radius 2 is 1.82 bits per heavy atom. The zero-order valence-electron chi connectivity index (χ0n) is 19.6. The van der Waals surface area contributed by atoms with E-state index in [1.54, 1.807) is 31.1 Å². The molecule has 0 spiro atoms. The highest BCUT2D eigenvalue weighted by Gasteiger charge is 2.44. The maximum Gasteiger partial charge on any atom is 0.290 e. The molecule has 0 saturated heterocycles. The third kappa shape index (κ3) is 4.47. The number of likely N-dealkylation sites (N-methyl/N-ethyl adjacent to an activating group) is 1. The number of ether oxygens (including phenoxy) is 1. The van der Waals surface area contributed by atoms with Gasteiger partial charge in [-0.25, -0.2) is 4.98 Å². The molecule has 34 heavy (non-hydrogen) atoms. The molecule has 176 valence electrons. The summed E-state index contributed by atoms with van der Waals surface area (Å²) < 4.78 is 5.26. The van der Waals surface area contributed by atoms with Gasteiger partial charge in [-0.15, -0.1) is 11.3 Å². The smallest absolute Gasteiger partial charge is 0.290 e. The van der Waals surface area contributed by atoms with Crippen molar-refractivity contribution in [2.24, 2.45) is 0 Å². The predicted octanol–water partition coefficient (Wildman–Crippen LogP) is 4.27. The van der Waals surface area contributed by atoms with Crippen LogP contribution in [0.5, 0.6) is 5.75 Å². The zero-order valence-corrected chi connectivity index (χ0v) is 20.4. The van der Waals surface area contributed by atoms with Gasteiger partial charge in [-0.3, -0.25) is 9.59 Å². The van der Waals surface area contributed by atoms with E-state index in [0.29, 0.717) is 29.4 Å². The number of hydrogen-bond donors (Lipinski definition) is 1. The highest BCUT2D eigenvalue weighted by atomic mass is 32.1. The number of aliphatic hydroxyl groups excluding tert-OH is 1. The van der Waals surface area contributed by atoms with Crippen molar-refractivity contribution in [1.82, 2.24) is 14.8 Å². The first kappa shape index (κ1) is 23.7. The van der Waals surface area contributed by atoms with E-state index in [1.165, 1.54) is 11.3 Å². The average molecular weight is 478 g/mol. The fourth-order valence-corrected chi connectivity index (χ4v) is 5.02. The predicted molar refractivity (Wildman–Crippen MR) is 132 cm³/mol. The van der Waals surface area contributed by atoms with Gasteiger partial charge in [0.15, 0.2) is 5.76 Å². The molecular weight excluding hydrogens is 450 g/mol. The summed E-state index contributed by atoms with van der Waals surface area (Å²) in [7, 11) is 5.40. The normalized spacial score (nSPS) is 16.0. The lowest BCUT2D eigenvalue weighted by molar-refractivity contribution is -0.129. The molecule has 0 bridgehead atoms. The number of aromatic nitrogens is 1. The van der Waals surface area contributed by atoms with Gasteiger partial charge < -0.3 is 19.6 Å². The van der Waals surface area contributed by atoms with E-state index in [-0.39, 0.29) is 11.4 Å². The Balaban J connectivity index is 1.76. The fraction of sp³-hybridized carbons (Fsp3) is 0.269. The summed E-state index contributed by atoms with van der Waals surface area (Å²) in [6.45, 7) is 2.72. The maximum absolute atomic E-state index is 13.8. The van der Waals surface area contributed by atoms with E-state index in [1.807, 2.05) is 61.5 Å². The number of aliphatic hydroxyl groups is 1. The molecule has 1 aliphatic heterocycles. The van der Waals surface area contributed by atoms with Crippen molar-refractivity contribution in [2.75, 3.05) is 34.3 Å². The Labute approximate surface area is 202 Å². The molecule has 3 aromatic rings. The molecule has 0 saturated carbocycles. The van der Waals surface area contributed by atoms with Crippen LogP contribution in [-0.2, 0) is 4.79 Å². The summed E-state index contributed by atoms with van der Waals surface area (Å²) in [5.41, 5.74) is 2.29. The Kier molecular flexibility index (Phi) is 6.81. The summed E-state index contributed by atoms with van der Waals surface area (Å²) in [6.07, 6.45) is 0. The standard InChI is InChI=1S/C26H27N3O4S/c1-16-24(34-25(27-16)18-8-6-5-7-9-18)22(30)20-21(17-10-12-19(33-4)13-11-17)29(15-14-28(2)3)26(32)23(20)31/h5-13,21,31H,14-15H2,1-4H3. The molecule has 1 atom stereocenters. The van der Waals surface area contributed by atoms with Crippen molar-refractivity contribution in [1.29, 1.82) is 0 Å². The van der Waals surface area contributed by atoms with Crippen LogP contribution in [0.3, 0.4) is 0 Å². The topological polar surface area (TPSA) is 83.0 Å². The van der Waals surface area contributed by atoms with Crippen LogP contribution in [-0.4, -0.2) is 65.9 Å². The molecule has 0 aliphatic carbocycles. The Morgan fingerprint density at radius 1 is 1.15 bits per heavy atom. The quantitative estimate of drug-likeness (QED) is 0.488. The van der Waals surface area contributed by atoms with Crippen molar-refractivity contribution in [3.63, 3.8) is 0 Å². The van der Waals surface area contributed by atoms with E-state index in [4.69, 9.17) is 4.74 Å². The van der Waals surface area contributed by atoms with E-state index in [9.17, 15) is 14.7 Å². The maximum atomic E-state index is 13.8. The number of aryl methyl sites for hydroxylation is 1. The Hall–Kier alpha value is -3.49. The molecule has 1 amide bonds. The Bertz CT molecular complexity index is 1230. The van der Waals surface area contributed by atoms with Crippen LogP contribution in [0.1, 0.15) is 27.0 Å². The highest BCUT2D eigenvalue weighted by molar-refractivity contribution is 7.17. The van der Waals surface area contributed by atoms with Crippen LogP contribution < -0.4 is 4.74 Å². The zero-order chi connectivity index (χ0) is 24.4. The van der Waals surface area contributed by atoms with Gasteiger partial charge in [-0.05, 0) is 38.7 Å². The molecule has 2 heterocycles. The molecule has 1 aromatic heterocycles. The van der Waals surface area contributed by atoms with Crippen molar-refractivity contribution >= 4 is 23.0 Å². The first-order valence-electron chi connectivity index (χ1n) is 10.9. The number of ketones is 1. The molecule has 1 unspecified atom stereocenters. The van der Waals surface area contributed by atoms with Crippen molar-refractivity contribution in [3.05, 3.63) is 82.1 Å². The first-order valence-corrected chi connectivity index (χ1v) is 11.7. The largest absolute Gasteiger partial charge is 0.503 e. The number of amides is 1. The highest BCUT2D eigenvalue weighted by Crippen LogP contribution is 2.41. The van der Waals surface area contributed by atoms with Crippen LogP contribution in [0.4, 0.5) is 0 Å². The third-order valence-corrected chi connectivity index (χ3v) is 7.00. The van der Waals surface area contributed by atoms with Crippen molar-refractivity contribution in [3.8, 4) is 16.3 Å². The number of thiazole rings is 1. The van der Waals surface area contributed by atoms with Gasteiger partial charge in [0.2, 0.25) is 5.78 Å². The average Bonchev–Trinajstić information content (AvgIpc) is 3.35. The van der Waals surface area contributed by atoms with Gasteiger partial charge in [0.25, 0.3) is 5.91 Å². The minimum absolute atomic E-state index is 0.0836. The molecule has 1 aliphatic rings. The number of Topliss-reactive ketones (excluding diaryl/α,β-unsaturated/α-hetero) is 1. The molecule has 2 aromatic carbocycles. The number of carbonyl (C=O) groups is 2. The van der Waals surface area contributed by atoms with Gasteiger partial charge in [-0.2, -0.15) is 0 Å². The lowest BCUT2D eigenvalue weighted by atomic mass is 9.95. The number of rotatable bonds is 8. The summed E-state index contributed by atoms with van der Waals surface area (Å²) in [6, 6.07) is 16.1. The number of benzene rings is 2. The molecule has 0 fully saturated rings. The van der Waals surface area contributed by atoms with Crippen molar-refractivity contribution in [2.45, 2.75) is 13.0 Å². The number of carbonyl (C=O) groups excluding carboxylic acids is 2. The fourth-order valence-electron chi connectivity index (χ4n) is 3.99. The lowest BCUT2D eigenvalue weighted by Crippen LogP contribution is -2.36. The summed E-state index contributed by atoms with van der Waals surface area (Å²) in [5, 5.41) is 11.6. The van der Waals surface area contributed by atoms with E-state index < -0.39 is 17.7 Å². The minimum atomic E-state index is -0.701.